The van der Waals surface area contributed by atoms with E-state index in [1.165, 1.54) is 68.0 Å². The van der Waals surface area contributed by atoms with Gasteiger partial charge in [-0.15, -0.1) is 0 Å². The molecule has 0 aromatic heterocycles. The minimum absolute atomic E-state index is 0.0202. The number of rotatable bonds is 11. The average molecular weight is 1430 g/mol. The van der Waals surface area contributed by atoms with Gasteiger partial charge < -0.3 is 60.5 Å². The normalized spacial score (nSPS) is 26.8. The maximum absolute atomic E-state index is 15.7. The number of benzene rings is 1. The van der Waals surface area contributed by atoms with E-state index in [4.69, 9.17) is 11.6 Å². The number of fused-ring (bicyclic) bond motifs is 1. The van der Waals surface area contributed by atoms with E-state index in [2.05, 4.69) is 21.3 Å². The van der Waals surface area contributed by atoms with Gasteiger partial charge in [0, 0.05) is 61.9 Å². The largest absolute Gasteiger partial charge is 0.417 e. The highest BCUT2D eigenvalue weighted by atomic mass is 35.5. The molecule has 8 atom stereocenters. The van der Waals surface area contributed by atoms with Crippen LogP contribution in [0.1, 0.15) is 193 Å². The number of halogens is 4. The molecule has 4 N–H and O–H groups in total. The molecule has 100 heavy (non-hydrogen) atoms. The van der Waals surface area contributed by atoms with Crippen molar-refractivity contribution in [2.45, 2.75) is 242 Å². The van der Waals surface area contributed by atoms with Gasteiger partial charge in [-0.25, -0.2) is 0 Å². The number of nitrogens with one attached hydrogen (secondary N) is 4. The number of likely N-dealkylation sites (tertiary alicyclic amines) is 1. The fraction of sp³-hybridized carbons (Fsp3) is 0.750. The van der Waals surface area contributed by atoms with Gasteiger partial charge in [-0.1, -0.05) is 116 Å². The standard InChI is InChI=1S/C72H110ClF3N12O12/c1-11-46(4)61-68(98)83(7)43-59(91)81(5)44-60(92)84(8)55(40-47-24-15-12-16-25-47)66(96)82(6)42-58(90)77-52(32-30-48-29-31-50(51(73)39-48)72(74,75)76)65(95)88-37-23-28-54(88)64(94)80-71(33-19-20-34-71)70(100)86(10)62(49-26-17-13-18-27-49)69(99)85(9)56(67(97)87-35-21-14-22-36-87)41-57(89)78-53(38-45(2)3)63(93)79-61/h29,31,39,45-47,49,52-56,61-62H,11-28,30,32-38,40-44H2,1-10H3,(H,77,90)(H,78,89)(H,79,93)(H,80,94)/t46-,52-,53-,54-,55-,56-,61-,62-/m0/s1. The van der Waals surface area contributed by atoms with Gasteiger partial charge in [0.1, 0.15) is 47.8 Å². The molecular formula is C72H110ClF3N12O12. The molecule has 3 saturated carbocycles. The number of hydrogen-bond acceptors (Lipinski definition) is 12. The Bertz CT molecular complexity index is 3100. The van der Waals surface area contributed by atoms with Crippen LogP contribution in [0.4, 0.5) is 13.2 Å². The van der Waals surface area contributed by atoms with Crippen LogP contribution in [0.15, 0.2) is 18.2 Å². The summed E-state index contributed by atoms with van der Waals surface area (Å²) >= 11 is 6.16. The molecule has 558 valence electrons. The lowest BCUT2D eigenvalue weighted by Crippen LogP contribution is -2.65. The minimum atomic E-state index is -4.76. The van der Waals surface area contributed by atoms with Crippen molar-refractivity contribution >= 4 is 82.5 Å². The summed E-state index contributed by atoms with van der Waals surface area (Å²) in [5.41, 5.74) is -2.33. The smallest absolute Gasteiger partial charge is 0.344 e. The van der Waals surface area contributed by atoms with Crippen molar-refractivity contribution in [3.8, 4) is 0 Å². The Labute approximate surface area is 592 Å². The van der Waals surface area contributed by atoms with E-state index in [9.17, 15) is 51.5 Å². The first kappa shape index (κ1) is 80.3. The van der Waals surface area contributed by atoms with Crippen molar-refractivity contribution in [3.63, 3.8) is 0 Å². The van der Waals surface area contributed by atoms with Crippen LogP contribution in [-0.4, -0.2) is 239 Å². The number of aryl methyl sites for hydroxylation is 1. The summed E-state index contributed by atoms with van der Waals surface area (Å²) in [6, 6.07) is -5.57. The number of carbonyl (C=O) groups is 12. The number of nitrogens with zero attached hydrogens (tertiary/aromatic N) is 8. The van der Waals surface area contributed by atoms with Crippen molar-refractivity contribution in [2.24, 2.45) is 23.7 Å². The van der Waals surface area contributed by atoms with E-state index in [0.29, 0.717) is 70.0 Å². The van der Waals surface area contributed by atoms with Gasteiger partial charge in [0.15, 0.2) is 0 Å². The Kier molecular flexibility index (Phi) is 29.0. The minimum Gasteiger partial charge on any atom is -0.344 e. The third-order valence-corrected chi connectivity index (χ3v) is 22.2. The molecule has 3 aliphatic carbocycles. The van der Waals surface area contributed by atoms with Gasteiger partial charge in [0.25, 0.3) is 0 Å². The van der Waals surface area contributed by atoms with Gasteiger partial charge in [-0.05, 0) is 125 Å². The second-order valence-electron chi connectivity index (χ2n) is 29.8. The van der Waals surface area contributed by atoms with Crippen LogP contribution in [0.25, 0.3) is 0 Å². The number of piperidine rings is 1. The van der Waals surface area contributed by atoms with Gasteiger partial charge in [-0.3, -0.25) is 57.5 Å². The number of alkyl halides is 3. The highest BCUT2D eigenvalue weighted by Gasteiger charge is 2.51. The van der Waals surface area contributed by atoms with E-state index in [-0.39, 0.29) is 63.3 Å². The molecule has 3 aliphatic heterocycles. The molecule has 24 nitrogen and oxygen atoms in total. The van der Waals surface area contributed by atoms with E-state index >= 15 is 19.2 Å². The summed E-state index contributed by atoms with van der Waals surface area (Å²) in [6.07, 6.45) is 7.06. The molecule has 6 fully saturated rings. The molecule has 0 radical (unpaired) electrons. The topological polar surface area (TPSA) is 279 Å². The van der Waals surface area contributed by atoms with Crippen LogP contribution in [0.2, 0.25) is 5.02 Å². The molecule has 1 aromatic carbocycles. The number of hydrogen-bond donors (Lipinski definition) is 4. The molecule has 28 heteroatoms. The van der Waals surface area contributed by atoms with Crippen molar-refractivity contribution in [2.75, 3.05) is 81.6 Å². The summed E-state index contributed by atoms with van der Waals surface area (Å²) in [4.78, 5) is 189. The maximum Gasteiger partial charge on any atom is 0.417 e. The van der Waals surface area contributed by atoms with Crippen LogP contribution in [0.3, 0.4) is 0 Å². The molecule has 1 aromatic rings. The summed E-state index contributed by atoms with van der Waals surface area (Å²) in [7, 11) is 8.55. The summed E-state index contributed by atoms with van der Waals surface area (Å²) in [5.74, 6) is -8.84. The third kappa shape index (κ3) is 20.6. The number of likely N-dealkylation sites (N-methyl/N-ethyl adjacent to an activating group) is 6. The van der Waals surface area contributed by atoms with Crippen molar-refractivity contribution in [1.82, 2.24) is 60.5 Å². The molecular weight excluding hydrogens is 1320 g/mol. The van der Waals surface area contributed by atoms with Gasteiger partial charge in [-0.2, -0.15) is 13.2 Å². The zero-order valence-electron chi connectivity index (χ0n) is 60.5. The Balaban J connectivity index is 1.28. The van der Waals surface area contributed by atoms with E-state index < -0.39 is 173 Å². The molecule has 0 unspecified atom stereocenters. The Hall–Kier alpha value is -7.06. The van der Waals surface area contributed by atoms with E-state index in [1.807, 2.05) is 20.8 Å². The molecule has 1 spiro atoms. The highest BCUT2D eigenvalue weighted by molar-refractivity contribution is 6.31. The first-order valence-electron chi connectivity index (χ1n) is 36.5. The highest BCUT2D eigenvalue weighted by Crippen LogP contribution is 2.38. The van der Waals surface area contributed by atoms with Crippen molar-refractivity contribution < 1.29 is 70.7 Å². The number of amides is 12. The third-order valence-electron chi connectivity index (χ3n) is 21.9. The predicted octanol–water partition coefficient (Wildman–Crippen LogP) is 6.08. The molecule has 0 bridgehead atoms. The average Bonchev–Trinajstić information content (AvgIpc) is 1.59. The lowest BCUT2D eigenvalue weighted by Gasteiger charge is -2.43. The molecule has 6 aliphatic rings. The summed E-state index contributed by atoms with van der Waals surface area (Å²) < 4.78 is 41.6. The molecule has 3 heterocycles. The Morgan fingerprint density at radius 3 is 1.83 bits per heavy atom. The van der Waals surface area contributed by atoms with Crippen LogP contribution in [-0.2, 0) is 70.1 Å². The first-order valence-corrected chi connectivity index (χ1v) is 36.8. The molecule has 3 saturated heterocycles. The Morgan fingerprint density at radius 1 is 0.620 bits per heavy atom. The second kappa shape index (κ2) is 36.2. The monoisotopic (exact) mass is 1430 g/mol. The molecule has 12 amide bonds. The van der Waals surface area contributed by atoms with E-state index in [1.54, 1.807) is 11.8 Å². The summed E-state index contributed by atoms with van der Waals surface area (Å²) in [6.45, 7) is 6.41. The zero-order chi connectivity index (χ0) is 73.5. The van der Waals surface area contributed by atoms with Crippen LogP contribution < -0.4 is 21.3 Å². The van der Waals surface area contributed by atoms with Gasteiger partial charge >= 0.3 is 6.18 Å². The fourth-order valence-corrected chi connectivity index (χ4v) is 15.9. The lowest BCUT2D eigenvalue weighted by atomic mass is 9.81. The lowest BCUT2D eigenvalue weighted by molar-refractivity contribution is -0.156. The SMILES string of the molecule is CC[C@H](C)[C@@H]1NC(=O)[C@H](CC(C)C)NC(=O)C[C@@H](C(=O)N2CCCCC2)N(C)C(=O)[C@H](C2CCCCC2)N(C)C(=O)C2(CCCC2)NC(=O)[C@@H]2CCCN2C(=O)[C@H](CCc2ccc(C(F)(F)F)c(Cl)c2)NC(=O)CN(C)C(=O)[C@H](CC2CCCCC2)N(C)C(=O)CN(C)C(=O)CN(C)C1=O. The van der Waals surface area contributed by atoms with Gasteiger partial charge in [0.2, 0.25) is 70.9 Å². The summed E-state index contributed by atoms with van der Waals surface area (Å²) in [5, 5.41) is 11.0. The van der Waals surface area contributed by atoms with Crippen LogP contribution >= 0.6 is 11.6 Å². The van der Waals surface area contributed by atoms with Crippen molar-refractivity contribution in [1.29, 1.82) is 0 Å². The quantitative estimate of drug-likeness (QED) is 0.196. The Morgan fingerprint density at radius 2 is 1.22 bits per heavy atom. The predicted molar refractivity (Wildman–Crippen MR) is 369 cm³/mol. The maximum atomic E-state index is 15.7. The zero-order valence-corrected chi connectivity index (χ0v) is 61.2. The van der Waals surface area contributed by atoms with Gasteiger partial charge in [0.05, 0.1) is 36.6 Å². The van der Waals surface area contributed by atoms with E-state index in [0.717, 1.165) is 84.6 Å². The van der Waals surface area contributed by atoms with Crippen molar-refractivity contribution in [3.05, 3.63) is 34.3 Å². The second-order valence-corrected chi connectivity index (χ2v) is 30.2. The first-order chi connectivity index (χ1) is 47.3. The number of carbonyl (C=O) groups excluding carboxylic acids is 12. The van der Waals surface area contributed by atoms with Crippen LogP contribution in [0, 0.1) is 23.7 Å². The van der Waals surface area contributed by atoms with Crippen LogP contribution in [0.5, 0.6) is 0 Å². The molecule has 7 rings (SSSR count). The fourth-order valence-electron chi connectivity index (χ4n) is 15.6.